The van der Waals surface area contributed by atoms with E-state index in [9.17, 15) is 34.6 Å². The number of carbonyl (C=O) groups is 3. The number of halogens is 1. The molecule has 0 bridgehead atoms. The Balaban J connectivity index is 3.50. The van der Waals surface area contributed by atoms with Crippen molar-refractivity contribution < 1.29 is 38.1 Å². The molecule has 1 rings (SSSR count). The molecular formula is C20H26FN3O9. The van der Waals surface area contributed by atoms with E-state index in [1.165, 1.54) is 0 Å². The maximum atomic E-state index is 15.9. The van der Waals surface area contributed by atoms with Gasteiger partial charge in [-0.15, -0.1) is 0 Å². The number of rotatable bonds is 12. The van der Waals surface area contributed by atoms with Crippen molar-refractivity contribution in [2.24, 2.45) is 5.92 Å². The number of ether oxygens (including phenoxy) is 2. The summed E-state index contributed by atoms with van der Waals surface area (Å²) in [6.45, 7) is 3.40. The highest BCUT2D eigenvalue weighted by Crippen LogP contribution is 2.34. The van der Waals surface area contributed by atoms with Crippen molar-refractivity contribution in [1.29, 1.82) is 0 Å². The zero-order chi connectivity index (χ0) is 25.3. The van der Waals surface area contributed by atoms with Crippen LogP contribution in [0, 0.1) is 26.1 Å². The number of nitro groups is 2. The van der Waals surface area contributed by atoms with Gasteiger partial charge in [0.05, 0.1) is 35.7 Å². The molecule has 33 heavy (non-hydrogen) atoms. The third-order valence-electron chi connectivity index (χ3n) is 5.06. The molecule has 1 amide bonds. The third kappa shape index (κ3) is 6.20. The smallest absolute Gasteiger partial charge is 0.355 e. The van der Waals surface area contributed by atoms with Crippen molar-refractivity contribution in [3.8, 4) is 0 Å². The molecule has 182 valence electrons. The van der Waals surface area contributed by atoms with Crippen molar-refractivity contribution in [3.05, 3.63) is 44.0 Å². The summed E-state index contributed by atoms with van der Waals surface area (Å²) in [4.78, 5) is 57.9. The van der Waals surface area contributed by atoms with Crippen LogP contribution in [0.2, 0.25) is 0 Å². The number of alkyl halides is 1. The zero-order valence-corrected chi connectivity index (χ0v) is 18.7. The quantitative estimate of drug-likeness (QED) is 0.208. The molecule has 1 N–H and O–H groups in total. The second-order valence-corrected chi connectivity index (χ2v) is 7.21. The second-order valence-electron chi connectivity index (χ2n) is 7.21. The van der Waals surface area contributed by atoms with Crippen LogP contribution in [0.25, 0.3) is 0 Å². The van der Waals surface area contributed by atoms with Gasteiger partial charge in [-0.05, 0) is 12.8 Å². The van der Waals surface area contributed by atoms with E-state index in [0.717, 1.165) is 26.4 Å². The predicted octanol–water partition coefficient (Wildman–Crippen LogP) is 2.87. The van der Waals surface area contributed by atoms with Crippen LogP contribution in [0.3, 0.4) is 0 Å². The molecule has 0 aliphatic carbocycles. The van der Waals surface area contributed by atoms with Gasteiger partial charge in [0, 0.05) is 24.1 Å². The molecule has 0 heterocycles. The highest BCUT2D eigenvalue weighted by atomic mass is 19.1. The second kappa shape index (κ2) is 11.8. The van der Waals surface area contributed by atoms with Crippen LogP contribution in [0.5, 0.6) is 0 Å². The summed E-state index contributed by atoms with van der Waals surface area (Å²) >= 11 is 0. The fourth-order valence-electron chi connectivity index (χ4n) is 3.55. The average molecular weight is 471 g/mol. The predicted molar refractivity (Wildman–Crippen MR) is 112 cm³/mol. The van der Waals surface area contributed by atoms with Gasteiger partial charge >= 0.3 is 17.6 Å². The molecule has 1 aromatic rings. The van der Waals surface area contributed by atoms with Crippen LogP contribution < -0.4 is 5.32 Å². The Labute approximate surface area is 188 Å². The van der Waals surface area contributed by atoms with Crippen molar-refractivity contribution in [1.82, 2.24) is 5.32 Å². The molecule has 0 spiro atoms. The molecule has 0 aromatic heterocycles. The van der Waals surface area contributed by atoms with Gasteiger partial charge in [0.15, 0.2) is 0 Å². The lowest BCUT2D eigenvalue weighted by Crippen LogP contribution is -2.57. The van der Waals surface area contributed by atoms with Gasteiger partial charge in [-0.25, -0.2) is 14.0 Å². The Kier molecular flexibility index (Phi) is 9.82. The molecule has 1 aromatic carbocycles. The summed E-state index contributed by atoms with van der Waals surface area (Å²) in [6, 6.07) is 1.26. The fraction of sp³-hybridized carbons (Fsp3) is 0.550. The highest BCUT2D eigenvalue weighted by Gasteiger charge is 2.57. The van der Waals surface area contributed by atoms with E-state index in [-0.39, 0.29) is 12.8 Å². The number of nitrogens with one attached hydrogen (secondary N) is 1. The fourth-order valence-corrected chi connectivity index (χ4v) is 3.55. The van der Waals surface area contributed by atoms with Crippen LogP contribution in [0.1, 0.15) is 49.9 Å². The first-order valence-corrected chi connectivity index (χ1v) is 10.1. The molecule has 0 aliphatic rings. The first kappa shape index (κ1) is 27.4. The monoisotopic (exact) mass is 471 g/mol. The van der Waals surface area contributed by atoms with Crippen molar-refractivity contribution >= 4 is 29.2 Å². The van der Waals surface area contributed by atoms with Gasteiger partial charge in [-0.2, -0.15) is 0 Å². The lowest BCUT2D eigenvalue weighted by molar-refractivity contribution is -0.394. The number of nitro benzene ring substituents is 2. The van der Waals surface area contributed by atoms with Gasteiger partial charge < -0.3 is 14.8 Å². The number of methoxy groups -OCH3 is 2. The number of esters is 2. The first-order chi connectivity index (χ1) is 15.5. The minimum Gasteiger partial charge on any atom is -0.466 e. The summed E-state index contributed by atoms with van der Waals surface area (Å²) in [6.07, 6.45) is 0.815. The Hall–Kier alpha value is -3.64. The SMILES string of the molecule is CCC[C@H]([C@@H](CCC)NC(=O)c1cc([N+](=O)[O-])cc([N+](=O)[O-])c1)C(F)(C(=O)OC)C(=O)OC. The molecule has 0 unspecified atom stereocenters. The van der Waals surface area contributed by atoms with E-state index >= 15 is 4.39 Å². The van der Waals surface area contributed by atoms with E-state index in [1.54, 1.807) is 13.8 Å². The molecule has 12 nitrogen and oxygen atoms in total. The molecule has 0 saturated heterocycles. The average Bonchev–Trinajstić information content (AvgIpc) is 2.80. The summed E-state index contributed by atoms with van der Waals surface area (Å²) in [5.41, 5.74) is -5.01. The Morgan fingerprint density at radius 2 is 1.42 bits per heavy atom. The number of benzene rings is 1. The van der Waals surface area contributed by atoms with Crippen LogP contribution in [-0.2, 0) is 19.1 Å². The van der Waals surface area contributed by atoms with Crippen LogP contribution in [-0.4, -0.2) is 53.6 Å². The van der Waals surface area contributed by atoms with Crippen molar-refractivity contribution in [2.75, 3.05) is 14.2 Å². The maximum Gasteiger partial charge on any atom is 0.355 e. The van der Waals surface area contributed by atoms with Gasteiger partial charge in [0.2, 0.25) is 0 Å². The lowest BCUT2D eigenvalue weighted by atomic mass is 9.78. The minimum atomic E-state index is -3.23. The van der Waals surface area contributed by atoms with Crippen molar-refractivity contribution in [2.45, 2.75) is 51.2 Å². The number of amides is 1. The first-order valence-electron chi connectivity index (χ1n) is 10.1. The molecule has 0 saturated carbocycles. The van der Waals surface area contributed by atoms with E-state index in [2.05, 4.69) is 14.8 Å². The lowest BCUT2D eigenvalue weighted by Gasteiger charge is -2.35. The van der Waals surface area contributed by atoms with Gasteiger partial charge in [0.25, 0.3) is 17.3 Å². The largest absolute Gasteiger partial charge is 0.466 e. The Bertz CT molecular complexity index is 874. The number of hydrogen-bond donors (Lipinski definition) is 1. The molecule has 13 heteroatoms. The third-order valence-corrected chi connectivity index (χ3v) is 5.06. The van der Waals surface area contributed by atoms with Crippen LogP contribution >= 0.6 is 0 Å². The van der Waals surface area contributed by atoms with E-state index < -0.39 is 62.3 Å². The van der Waals surface area contributed by atoms with Gasteiger partial charge in [-0.1, -0.05) is 26.7 Å². The van der Waals surface area contributed by atoms with Gasteiger partial charge in [-0.3, -0.25) is 25.0 Å². The van der Waals surface area contributed by atoms with Crippen LogP contribution in [0.4, 0.5) is 15.8 Å². The number of hydrogen-bond acceptors (Lipinski definition) is 9. The minimum absolute atomic E-state index is 0.0271. The zero-order valence-electron chi connectivity index (χ0n) is 18.7. The van der Waals surface area contributed by atoms with Gasteiger partial charge in [0.1, 0.15) is 0 Å². The normalized spacial score (nSPS) is 12.9. The Morgan fingerprint density at radius 3 is 1.79 bits per heavy atom. The summed E-state index contributed by atoms with van der Waals surface area (Å²) in [5.74, 6) is -5.36. The number of nitrogens with zero attached hydrogens (tertiary/aromatic N) is 2. The topological polar surface area (TPSA) is 168 Å². The van der Waals surface area contributed by atoms with E-state index in [0.29, 0.717) is 18.9 Å². The molecule has 0 radical (unpaired) electrons. The standard InChI is InChI=1S/C20H26FN3O9/c1-5-7-15(20(21,18(26)32-3)19(27)33-4)16(8-6-2)22-17(25)12-9-13(23(28)29)11-14(10-12)24(30)31/h9-11,15-16H,5-8H2,1-4H3,(H,22,25)/t15-,16-/m1/s1. The Morgan fingerprint density at radius 1 is 0.970 bits per heavy atom. The molecule has 0 fully saturated rings. The van der Waals surface area contributed by atoms with E-state index in [4.69, 9.17) is 0 Å². The molecular weight excluding hydrogens is 445 g/mol. The number of carbonyl (C=O) groups excluding carboxylic acids is 3. The van der Waals surface area contributed by atoms with Crippen LogP contribution in [0.15, 0.2) is 18.2 Å². The molecule has 2 atom stereocenters. The maximum absolute atomic E-state index is 15.9. The summed E-state index contributed by atoms with van der Waals surface area (Å²) < 4.78 is 24.9. The van der Waals surface area contributed by atoms with Crippen molar-refractivity contribution in [3.63, 3.8) is 0 Å². The summed E-state index contributed by atoms with van der Waals surface area (Å²) in [7, 11) is 1.80. The summed E-state index contributed by atoms with van der Waals surface area (Å²) in [5, 5.41) is 24.7. The molecule has 0 aliphatic heterocycles. The number of non-ortho nitro benzene ring substituents is 2. The highest BCUT2D eigenvalue weighted by molar-refractivity contribution is 6.04. The van der Waals surface area contributed by atoms with E-state index in [1.807, 2.05) is 0 Å².